The Balaban J connectivity index is 0.000000932. The number of rotatable bonds is 1. The lowest BCUT2D eigenvalue weighted by molar-refractivity contribution is -0.0627. The number of allylic oxidation sites excluding steroid dienone is 2. The van der Waals surface area contributed by atoms with Crippen LogP contribution in [0.3, 0.4) is 0 Å². The lowest BCUT2D eigenvalue weighted by Gasteiger charge is -2.60. The fourth-order valence-electron chi connectivity index (χ4n) is 9.08. The Labute approximate surface area is 180 Å². The van der Waals surface area contributed by atoms with Crippen LogP contribution >= 0.6 is 12.6 Å². The minimum Gasteiger partial charge on any atom is -0.327 e. The molecule has 0 bridgehead atoms. The average molecular weight is 404 g/mol. The molecule has 5 aliphatic carbocycles. The van der Waals surface area contributed by atoms with Gasteiger partial charge in [0, 0.05) is 11.3 Å². The summed E-state index contributed by atoms with van der Waals surface area (Å²) in [5, 5.41) is 0.578. The van der Waals surface area contributed by atoms with Gasteiger partial charge in [0.25, 0.3) is 0 Å². The zero-order valence-electron chi connectivity index (χ0n) is 18.9. The lowest BCUT2D eigenvalue weighted by atomic mass is 9.45. The first-order valence-electron chi connectivity index (χ1n) is 12.6. The van der Waals surface area contributed by atoms with Crippen molar-refractivity contribution in [3.8, 4) is 0 Å². The van der Waals surface area contributed by atoms with Crippen LogP contribution in [-0.2, 0) is 0 Å². The van der Waals surface area contributed by atoms with E-state index in [0.717, 1.165) is 29.6 Å². The summed E-state index contributed by atoms with van der Waals surface area (Å²) in [6.45, 7) is 9.23. The van der Waals surface area contributed by atoms with Gasteiger partial charge in [-0.1, -0.05) is 65.0 Å². The first kappa shape index (κ1) is 21.3. The van der Waals surface area contributed by atoms with Crippen molar-refractivity contribution in [2.45, 2.75) is 110 Å². The van der Waals surface area contributed by atoms with E-state index in [0.29, 0.717) is 22.1 Å². The van der Waals surface area contributed by atoms with Gasteiger partial charge in [0.15, 0.2) is 0 Å². The molecule has 8 atom stereocenters. The van der Waals surface area contributed by atoms with E-state index in [1.54, 1.807) is 5.57 Å². The van der Waals surface area contributed by atoms with Crippen molar-refractivity contribution in [1.82, 2.24) is 0 Å². The minimum atomic E-state index is 0.369. The van der Waals surface area contributed by atoms with E-state index in [9.17, 15) is 0 Å². The largest absolute Gasteiger partial charge is 0.327 e. The molecule has 5 aliphatic rings. The SMILES string of the molecule is CC.CC12CCC(S)CC1=CCC1C2C(N)CC2(C)C(C3CCCC3)CCC12. The van der Waals surface area contributed by atoms with Gasteiger partial charge in [0.1, 0.15) is 0 Å². The van der Waals surface area contributed by atoms with Crippen LogP contribution in [-0.4, -0.2) is 11.3 Å². The van der Waals surface area contributed by atoms with Gasteiger partial charge in [-0.3, -0.25) is 0 Å². The van der Waals surface area contributed by atoms with E-state index >= 15 is 0 Å². The second-order valence-corrected chi connectivity index (χ2v) is 11.9. The third-order valence-electron chi connectivity index (χ3n) is 10.1. The number of nitrogens with two attached hydrogens (primary N) is 1. The lowest BCUT2D eigenvalue weighted by Crippen LogP contribution is -2.59. The number of hydrogen-bond donors (Lipinski definition) is 2. The summed E-state index contributed by atoms with van der Waals surface area (Å²) in [6, 6.07) is 0.411. The van der Waals surface area contributed by atoms with Crippen molar-refractivity contribution >= 4 is 12.6 Å². The molecule has 1 nitrogen and oxygen atoms in total. The van der Waals surface area contributed by atoms with E-state index in [1.807, 2.05) is 13.8 Å². The van der Waals surface area contributed by atoms with Gasteiger partial charge in [-0.25, -0.2) is 0 Å². The smallest absolute Gasteiger partial charge is 0.00837 e. The molecule has 0 heterocycles. The maximum Gasteiger partial charge on any atom is 0.00837 e. The van der Waals surface area contributed by atoms with Crippen molar-refractivity contribution in [3.63, 3.8) is 0 Å². The van der Waals surface area contributed by atoms with E-state index in [-0.39, 0.29) is 0 Å². The topological polar surface area (TPSA) is 26.0 Å². The fourth-order valence-corrected chi connectivity index (χ4v) is 9.41. The predicted octanol–water partition coefficient (Wildman–Crippen LogP) is 7.02. The van der Waals surface area contributed by atoms with Crippen LogP contribution < -0.4 is 5.73 Å². The van der Waals surface area contributed by atoms with Crippen LogP contribution in [0.2, 0.25) is 0 Å². The van der Waals surface area contributed by atoms with Crippen molar-refractivity contribution in [2.75, 3.05) is 0 Å². The predicted molar refractivity (Wildman–Crippen MR) is 125 cm³/mol. The summed E-state index contributed by atoms with van der Waals surface area (Å²) in [5.41, 5.74) is 9.68. The van der Waals surface area contributed by atoms with Crippen LogP contribution in [0.1, 0.15) is 98.3 Å². The fraction of sp³-hybridized carbons (Fsp3) is 0.923. The molecular formula is C26H45NS. The average Bonchev–Trinajstić information content (AvgIpc) is 3.30. The summed E-state index contributed by atoms with van der Waals surface area (Å²) in [6.07, 6.45) is 18.0. The molecule has 2 N–H and O–H groups in total. The maximum absolute atomic E-state index is 7.07. The van der Waals surface area contributed by atoms with Crippen molar-refractivity contribution in [2.24, 2.45) is 46.2 Å². The van der Waals surface area contributed by atoms with Crippen LogP contribution in [0.15, 0.2) is 11.6 Å². The van der Waals surface area contributed by atoms with Crippen LogP contribution in [0.5, 0.6) is 0 Å². The van der Waals surface area contributed by atoms with E-state index in [1.165, 1.54) is 70.6 Å². The zero-order chi connectivity index (χ0) is 20.1. The second-order valence-electron chi connectivity index (χ2n) is 11.2. The molecule has 0 aromatic heterocycles. The summed E-state index contributed by atoms with van der Waals surface area (Å²) < 4.78 is 0. The van der Waals surface area contributed by atoms with Crippen molar-refractivity contribution < 1.29 is 0 Å². The van der Waals surface area contributed by atoms with Crippen LogP contribution in [0.25, 0.3) is 0 Å². The Morgan fingerprint density at radius 2 is 1.68 bits per heavy atom. The third-order valence-corrected chi connectivity index (χ3v) is 10.6. The van der Waals surface area contributed by atoms with Gasteiger partial charge in [0.05, 0.1) is 0 Å². The molecule has 4 saturated carbocycles. The van der Waals surface area contributed by atoms with E-state index in [4.69, 9.17) is 18.4 Å². The first-order valence-corrected chi connectivity index (χ1v) is 13.1. The highest BCUT2D eigenvalue weighted by Crippen LogP contribution is 2.67. The quantitative estimate of drug-likeness (QED) is 0.357. The van der Waals surface area contributed by atoms with Gasteiger partial charge in [-0.05, 0) is 85.4 Å². The number of fused-ring (bicyclic) bond motifs is 5. The van der Waals surface area contributed by atoms with Gasteiger partial charge in [-0.15, -0.1) is 0 Å². The van der Waals surface area contributed by atoms with Gasteiger partial charge in [-0.2, -0.15) is 12.6 Å². The molecule has 0 aliphatic heterocycles. The first-order chi connectivity index (χ1) is 13.4. The normalized spacial score (nSPS) is 50.7. The number of thiol groups is 1. The molecule has 28 heavy (non-hydrogen) atoms. The standard InChI is InChI=1S/C24H39NS.C2H6/c1-23-12-11-17(26)13-16(23)7-8-18-20-10-9-19(15-5-3-4-6-15)24(20,2)14-21(25)22(18)23;1-2/h7,15,17-22,26H,3-6,8-14,25H2,1-2H3;1-2H3. The van der Waals surface area contributed by atoms with Crippen molar-refractivity contribution in [1.29, 1.82) is 0 Å². The molecule has 0 spiro atoms. The molecule has 8 unspecified atom stereocenters. The highest BCUT2D eigenvalue weighted by Gasteiger charge is 2.61. The second kappa shape index (κ2) is 7.95. The van der Waals surface area contributed by atoms with Crippen LogP contribution in [0, 0.1) is 40.4 Å². The Kier molecular flexibility index (Phi) is 6.04. The van der Waals surface area contributed by atoms with E-state index in [2.05, 4.69) is 19.9 Å². The Morgan fingerprint density at radius 3 is 2.39 bits per heavy atom. The Morgan fingerprint density at radius 1 is 1.00 bits per heavy atom. The van der Waals surface area contributed by atoms with Crippen molar-refractivity contribution in [3.05, 3.63) is 11.6 Å². The highest BCUT2D eigenvalue weighted by molar-refractivity contribution is 7.80. The molecule has 160 valence electrons. The summed E-state index contributed by atoms with van der Waals surface area (Å²) in [5.74, 6) is 4.48. The van der Waals surface area contributed by atoms with Gasteiger partial charge < -0.3 is 5.73 Å². The van der Waals surface area contributed by atoms with Crippen LogP contribution in [0.4, 0.5) is 0 Å². The molecule has 0 aromatic carbocycles. The molecule has 4 fully saturated rings. The molecule has 0 amide bonds. The summed E-state index contributed by atoms with van der Waals surface area (Å²) >= 11 is 4.82. The zero-order valence-corrected chi connectivity index (χ0v) is 19.8. The maximum atomic E-state index is 7.07. The Hall–Kier alpha value is 0.0500. The molecule has 0 radical (unpaired) electrons. The summed E-state index contributed by atoms with van der Waals surface area (Å²) in [7, 11) is 0. The molecule has 2 heteroatoms. The van der Waals surface area contributed by atoms with Gasteiger partial charge in [0.2, 0.25) is 0 Å². The minimum absolute atomic E-state index is 0.369. The monoisotopic (exact) mass is 403 g/mol. The number of hydrogen-bond acceptors (Lipinski definition) is 2. The summed E-state index contributed by atoms with van der Waals surface area (Å²) in [4.78, 5) is 0. The third kappa shape index (κ3) is 3.15. The molecule has 0 saturated heterocycles. The van der Waals surface area contributed by atoms with Gasteiger partial charge >= 0.3 is 0 Å². The van der Waals surface area contributed by atoms with E-state index < -0.39 is 0 Å². The molecule has 5 rings (SSSR count). The highest BCUT2D eigenvalue weighted by atomic mass is 32.1. The molecule has 0 aromatic rings. The Bertz CT molecular complexity index is 593. The molecular weight excluding hydrogens is 358 g/mol.